The van der Waals surface area contributed by atoms with Gasteiger partial charge >= 0.3 is 0 Å². The average Bonchev–Trinajstić information content (AvgIpc) is 2.72. The molecule has 0 atom stereocenters. The Labute approximate surface area is 105 Å². The van der Waals surface area contributed by atoms with Gasteiger partial charge in [-0.3, -0.25) is 0 Å². The summed E-state index contributed by atoms with van der Waals surface area (Å²) in [5.41, 5.74) is 0. The highest BCUT2D eigenvalue weighted by Gasteiger charge is 2.04. The molecule has 0 saturated carbocycles. The van der Waals surface area contributed by atoms with Crippen LogP contribution in [0.15, 0.2) is 23.0 Å². The number of hydrogen-bond donors (Lipinski definition) is 1. The van der Waals surface area contributed by atoms with E-state index in [0.29, 0.717) is 24.1 Å². The second-order valence-electron chi connectivity index (χ2n) is 4.13. The molecule has 2 aromatic heterocycles. The number of nitrogens with zero attached hydrogens (tertiary/aromatic N) is 3. The molecule has 0 bridgehead atoms. The Morgan fingerprint density at radius 1 is 1.33 bits per heavy atom. The van der Waals surface area contributed by atoms with Crippen LogP contribution < -0.4 is 10.1 Å². The predicted octanol–water partition coefficient (Wildman–Crippen LogP) is 2.17. The predicted molar refractivity (Wildman–Crippen MR) is 66.4 cm³/mol. The molecule has 0 unspecified atom stereocenters. The fraction of sp³-hybridized carbons (Fsp3) is 0.417. The lowest BCUT2D eigenvalue weighted by atomic mass is 10.4. The van der Waals surface area contributed by atoms with Gasteiger partial charge in [-0.25, -0.2) is 15.0 Å². The Morgan fingerprint density at radius 3 is 2.83 bits per heavy atom. The summed E-state index contributed by atoms with van der Waals surface area (Å²) in [7, 11) is 0. The molecule has 0 aliphatic rings. The van der Waals surface area contributed by atoms with Crippen LogP contribution >= 0.6 is 0 Å². The van der Waals surface area contributed by atoms with E-state index in [9.17, 15) is 0 Å². The van der Waals surface area contributed by atoms with Crippen molar-refractivity contribution in [3.8, 4) is 5.88 Å². The Balaban J connectivity index is 1.96. The van der Waals surface area contributed by atoms with Gasteiger partial charge in [-0.1, -0.05) is 0 Å². The van der Waals surface area contributed by atoms with Gasteiger partial charge in [0.05, 0.1) is 18.8 Å². The maximum Gasteiger partial charge on any atom is 0.218 e. The second-order valence-corrected chi connectivity index (χ2v) is 4.13. The Morgan fingerprint density at radius 2 is 2.17 bits per heavy atom. The summed E-state index contributed by atoms with van der Waals surface area (Å²) in [4.78, 5) is 12.2. The van der Waals surface area contributed by atoms with Gasteiger partial charge in [-0.15, -0.1) is 0 Å². The molecule has 0 saturated heterocycles. The smallest absolute Gasteiger partial charge is 0.218 e. The van der Waals surface area contributed by atoms with E-state index in [1.54, 1.807) is 12.3 Å². The van der Waals surface area contributed by atoms with Crippen LogP contribution in [0.2, 0.25) is 0 Å². The summed E-state index contributed by atoms with van der Waals surface area (Å²) in [5.74, 6) is 2.64. The SMILES string of the molecule is Cc1cnc(CNc2cc(OC(C)C)ncn2)o1. The summed E-state index contributed by atoms with van der Waals surface area (Å²) in [5, 5.41) is 3.10. The largest absolute Gasteiger partial charge is 0.475 e. The molecule has 0 aromatic carbocycles. The lowest BCUT2D eigenvalue weighted by molar-refractivity contribution is 0.232. The summed E-state index contributed by atoms with van der Waals surface area (Å²) in [6, 6.07) is 1.75. The molecule has 2 aromatic rings. The molecule has 0 amide bonds. The zero-order valence-corrected chi connectivity index (χ0v) is 10.7. The molecule has 0 spiro atoms. The highest BCUT2D eigenvalue weighted by molar-refractivity contribution is 5.37. The number of hydrogen-bond acceptors (Lipinski definition) is 6. The molecular formula is C12H16N4O2. The first kappa shape index (κ1) is 12.3. The van der Waals surface area contributed by atoms with Crippen molar-refractivity contribution >= 4 is 5.82 Å². The van der Waals surface area contributed by atoms with Crippen molar-refractivity contribution in [2.45, 2.75) is 33.4 Å². The van der Waals surface area contributed by atoms with Gasteiger partial charge in [0.2, 0.25) is 11.8 Å². The zero-order chi connectivity index (χ0) is 13.0. The van der Waals surface area contributed by atoms with Crippen LogP contribution in [0.1, 0.15) is 25.5 Å². The van der Waals surface area contributed by atoms with E-state index in [1.807, 2.05) is 20.8 Å². The van der Waals surface area contributed by atoms with Gasteiger partial charge < -0.3 is 14.5 Å². The number of aromatic nitrogens is 3. The molecule has 0 aliphatic heterocycles. The standard InChI is InChI=1S/C12H16N4O2/c1-8(2)17-11-4-10(15-7-16-11)13-6-12-14-5-9(3)18-12/h4-5,7-8H,6H2,1-3H3,(H,13,15,16). The number of nitrogens with one attached hydrogen (secondary N) is 1. The first-order chi connectivity index (χ1) is 8.63. The molecule has 0 aliphatic carbocycles. The minimum atomic E-state index is 0.0853. The third-order valence-electron chi connectivity index (χ3n) is 2.09. The molecule has 6 heteroatoms. The molecule has 18 heavy (non-hydrogen) atoms. The fourth-order valence-electron chi connectivity index (χ4n) is 1.39. The first-order valence-corrected chi connectivity index (χ1v) is 5.77. The normalized spacial score (nSPS) is 10.7. The molecule has 1 N–H and O–H groups in total. The third kappa shape index (κ3) is 3.44. The van der Waals surface area contributed by atoms with E-state index in [4.69, 9.17) is 9.15 Å². The lowest BCUT2D eigenvalue weighted by Gasteiger charge is -2.09. The van der Waals surface area contributed by atoms with Crippen LogP contribution in [0.5, 0.6) is 5.88 Å². The van der Waals surface area contributed by atoms with Gasteiger partial charge in [0, 0.05) is 6.07 Å². The van der Waals surface area contributed by atoms with E-state index in [-0.39, 0.29) is 6.10 Å². The van der Waals surface area contributed by atoms with Gasteiger partial charge in [-0.2, -0.15) is 0 Å². The molecule has 2 heterocycles. The van der Waals surface area contributed by atoms with Crippen LogP contribution in [-0.4, -0.2) is 21.1 Å². The number of anilines is 1. The van der Waals surface area contributed by atoms with Crippen LogP contribution in [0.3, 0.4) is 0 Å². The van der Waals surface area contributed by atoms with Crippen LogP contribution in [-0.2, 0) is 6.54 Å². The Bertz CT molecular complexity index is 510. The molecule has 0 radical (unpaired) electrons. The van der Waals surface area contributed by atoms with Crippen LogP contribution in [0.4, 0.5) is 5.82 Å². The van der Waals surface area contributed by atoms with Crippen molar-refractivity contribution in [2.75, 3.05) is 5.32 Å². The lowest BCUT2D eigenvalue weighted by Crippen LogP contribution is -2.08. The number of oxazole rings is 1. The molecule has 6 nitrogen and oxygen atoms in total. The van der Waals surface area contributed by atoms with E-state index in [1.165, 1.54) is 6.33 Å². The zero-order valence-electron chi connectivity index (χ0n) is 10.7. The van der Waals surface area contributed by atoms with Crippen molar-refractivity contribution in [3.63, 3.8) is 0 Å². The van der Waals surface area contributed by atoms with E-state index in [2.05, 4.69) is 20.3 Å². The number of rotatable bonds is 5. The third-order valence-corrected chi connectivity index (χ3v) is 2.09. The minimum Gasteiger partial charge on any atom is -0.475 e. The molecule has 2 rings (SSSR count). The van der Waals surface area contributed by atoms with Crippen molar-refractivity contribution < 1.29 is 9.15 Å². The molecule has 96 valence electrons. The summed E-state index contributed by atoms with van der Waals surface area (Å²) >= 11 is 0. The summed E-state index contributed by atoms with van der Waals surface area (Å²) in [6.07, 6.45) is 3.23. The number of ether oxygens (including phenoxy) is 1. The van der Waals surface area contributed by atoms with E-state index >= 15 is 0 Å². The Hall–Kier alpha value is -2.11. The summed E-state index contributed by atoms with van der Waals surface area (Å²) < 4.78 is 10.8. The van der Waals surface area contributed by atoms with Gasteiger partial charge in [0.15, 0.2) is 0 Å². The molecular weight excluding hydrogens is 232 g/mol. The number of aryl methyl sites for hydroxylation is 1. The van der Waals surface area contributed by atoms with E-state index in [0.717, 1.165) is 5.76 Å². The quantitative estimate of drug-likeness (QED) is 0.874. The van der Waals surface area contributed by atoms with Gasteiger partial charge in [0.1, 0.15) is 17.9 Å². The Kier molecular flexibility index (Phi) is 3.76. The minimum absolute atomic E-state index is 0.0853. The van der Waals surface area contributed by atoms with E-state index < -0.39 is 0 Å². The van der Waals surface area contributed by atoms with Crippen LogP contribution in [0.25, 0.3) is 0 Å². The van der Waals surface area contributed by atoms with Gasteiger partial charge in [-0.05, 0) is 20.8 Å². The van der Waals surface area contributed by atoms with Gasteiger partial charge in [0.25, 0.3) is 0 Å². The maximum absolute atomic E-state index is 5.48. The van der Waals surface area contributed by atoms with Crippen molar-refractivity contribution in [1.82, 2.24) is 15.0 Å². The highest BCUT2D eigenvalue weighted by atomic mass is 16.5. The second kappa shape index (κ2) is 5.48. The fourth-order valence-corrected chi connectivity index (χ4v) is 1.39. The highest BCUT2D eigenvalue weighted by Crippen LogP contribution is 2.13. The van der Waals surface area contributed by atoms with Crippen molar-refractivity contribution in [3.05, 3.63) is 30.2 Å². The average molecular weight is 248 g/mol. The summed E-state index contributed by atoms with van der Waals surface area (Å²) in [6.45, 7) is 6.23. The van der Waals surface area contributed by atoms with Crippen molar-refractivity contribution in [2.24, 2.45) is 0 Å². The molecule has 0 fully saturated rings. The first-order valence-electron chi connectivity index (χ1n) is 5.77. The topological polar surface area (TPSA) is 73.1 Å². The van der Waals surface area contributed by atoms with Crippen molar-refractivity contribution in [1.29, 1.82) is 0 Å². The maximum atomic E-state index is 5.48. The monoisotopic (exact) mass is 248 g/mol. The van der Waals surface area contributed by atoms with Crippen LogP contribution in [0, 0.1) is 6.92 Å².